The average Bonchev–Trinajstić information content (AvgIpc) is 3.24. The van der Waals surface area contributed by atoms with Gasteiger partial charge in [-0.1, -0.05) is 12.1 Å². The van der Waals surface area contributed by atoms with Crippen molar-refractivity contribution < 1.29 is 18.0 Å². The Bertz CT molecular complexity index is 1500. The highest BCUT2D eigenvalue weighted by Crippen LogP contribution is 2.36. The number of nitrogens with zero attached hydrogens (tertiary/aromatic N) is 5. The van der Waals surface area contributed by atoms with Gasteiger partial charge in [-0.05, 0) is 88.1 Å². The van der Waals surface area contributed by atoms with Crippen LogP contribution in [0, 0.1) is 12.8 Å². The number of benzene rings is 2. The minimum absolute atomic E-state index is 0.0670. The molecule has 1 aliphatic rings. The van der Waals surface area contributed by atoms with Crippen molar-refractivity contribution in [3.8, 4) is 11.3 Å². The van der Waals surface area contributed by atoms with E-state index in [9.17, 15) is 18.0 Å². The zero-order valence-corrected chi connectivity index (χ0v) is 22.2. The number of piperidine rings is 1. The number of fused-ring (bicyclic) bond motifs is 1. The molecule has 0 saturated carbocycles. The third kappa shape index (κ3) is 6.27. The van der Waals surface area contributed by atoms with Gasteiger partial charge in [0.2, 0.25) is 5.91 Å². The van der Waals surface area contributed by atoms with Crippen molar-refractivity contribution in [1.82, 2.24) is 24.6 Å². The fraction of sp³-hybridized carbons (Fsp3) is 0.379. The fourth-order valence-corrected chi connectivity index (χ4v) is 5.21. The lowest BCUT2D eigenvalue weighted by atomic mass is 9.88. The Balaban J connectivity index is 1.29. The summed E-state index contributed by atoms with van der Waals surface area (Å²) in [4.78, 5) is 23.6. The first kappa shape index (κ1) is 26.8. The third-order valence-electron chi connectivity index (χ3n) is 7.31. The molecular weight excluding hydrogens is 505 g/mol. The van der Waals surface area contributed by atoms with E-state index < -0.39 is 17.6 Å². The van der Waals surface area contributed by atoms with Gasteiger partial charge in [0.15, 0.2) is 0 Å². The minimum Gasteiger partial charge on any atom is -0.326 e. The van der Waals surface area contributed by atoms with Crippen molar-refractivity contribution >= 4 is 22.5 Å². The standard InChI is InChI=1S/C29H31F3N6O/c1-18-33-17-22-13-21(5-7-26(22)34-18)27-15-24(36-38(27)3)16-28(39)35-23-6-4-20(25(14-23)29(30,31)32)12-19-8-10-37(2)11-9-19/h4-7,13-15,17,19H,8-12,16H2,1-3H3,(H,35,39). The minimum atomic E-state index is -4.50. The van der Waals surface area contributed by atoms with Crippen LogP contribution < -0.4 is 5.32 Å². The molecule has 4 aromatic rings. The molecule has 1 amide bonds. The van der Waals surface area contributed by atoms with Gasteiger partial charge >= 0.3 is 6.18 Å². The summed E-state index contributed by atoms with van der Waals surface area (Å²) in [5.41, 5.74) is 2.77. The Hall–Kier alpha value is -3.79. The zero-order chi connectivity index (χ0) is 27.7. The zero-order valence-electron chi connectivity index (χ0n) is 22.2. The van der Waals surface area contributed by atoms with Gasteiger partial charge < -0.3 is 10.2 Å². The molecule has 0 bridgehead atoms. The second-order valence-corrected chi connectivity index (χ2v) is 10.4. The summed E-state index contributed by atoms with van der Waals surface area (Å²) < 4.78 is 43.4. The lowest BCUT2D eigenvalue weighted by Crippen LogP contribution is -2.31. The number of aryl methyl sites for hydroxylation is 2. The summed E-state index contributed by atoms with van der Waals surface area (Å²) in [6.45, 7) is 3.62. The molecule has 0 atom stereocenters. The van der Waals surface area contributed by atoms with E-state index in [4.69, 9.17) is 0 Å². The molecule has 0 aliphatic carbocycles. The maximum Gasteiger partial charge on any atom is 0.416 e. The van der Waals surface area contributed by atoms with Crippen LogP contribution in [0.15, 0.2) is 48.7 Å². The second kappa shape index (κ2) is 10.8. The molecule has 2 aromatic heterocycles. The number of rotatable bonds is 6. The summed E-state index contributed by atoms with van der Waals surface area (Å²) in [5, 5.41) is 7.96. The van der Waals surface area contributed by atoms with Crippen LogP contribution in [-0.4, -0.2) is 50.7 Å². The quantitative estimate of drug-likeness (QED) is 0.356. The van der Waals surface area contributed by atoms with E-state index in [-0.39, 0.29) is 23.6 Å². The van der Waals surface area contributed by atoms with Crippen LogP contribution in [0.1, 0.15) is 35.5 Å². The van der Waals surface area contributed by atoms with Crippen LogP contribution in [0.25, 0.3) is 22.2 Å². The molecule has 1 aliphatic heterocycles. The second-order valence-electron chi connectivity index (χ2n) is 10.4. The number of carbonyl (C=O) groups excluding carboxylic acids is 1. The normalized spacial score (nSPS) is 15.1. The summed E-state index contributed by atoms with van der Waals surface area (Å²) >= 11 is 0. The monoisotopic (exact) mass is 536 g/mol. The lowest BCUT2D eigenvalue weighted by molar-refractivity contribution is -0.138. The highest BCUT2D eigenvalue weighted by molar-refractivity contribution is 5.92. The average molecular weight is 537 g/mol. The lowest BCUT2D eigenvalue weighted by Gasteiger charge is -2.29. The van der Waals surface area contributed by atoms with Crippen molar-refractivity contribution in [2.45, 2.75) is 38.8 Å². The number of aromatic nitrogens is 4. The summed E-state index contributed by atoms with van der Waals surface area (Å²) in [5.74, 6) is 0.483. The highest BCUT2D eigenvalue weighted by Gasteiger charge is 2.34. The summed E-state index contributed by atoms with van der Waals surface area (Å²) in [6, 6.07) is 11.7. The largest absolute Gasteiger partial charge is 0.416 e. The first-order chi connectivity index (χ1) is 18.5. The maximum atomic E-state index is 13.9. The number of alkyl halides is 3. The van der Waals surface area contributed by atoms with Gasteiger partial charge in [0.1, 0.15) is 5.82 Å². The molecule has 5 rings (SSSR count). The molecular formula is C29H31F3N6O. The molecule has 0 spiro atoms. The number of halogens is 3. The van der Waals surface area contributed by atoms with E-state index in [1.54, 1.807) is 24.0 Å². The number of likely N-dealkylation sites (tertiary alicyclic amines) is 1. The van der Waals surface area contributed by atoms with Crippen LogP contribution in [0.3, 0.4) is 0 Å². The molecule has 1 fully saturated rings. The molecule has 10 heteroatoms. The number of anilines is 1. The predicted molar refractivity (Wildman–Crippen MR) is 144 cm³/mol. The van der Waals surface area contributed by atoms with E-state index in [2.05, 4.69) is 25.3 Å². The number of hydrogen-bond donors (Lipinski definition) is 1. The van der Waals surface area contributed by atoms with Crippen molar-refractivity contribution in [2.24, 2.45) is 13.0 Å². The Labute approximate surface area is 225 Å². The van der Waals surface area contributed by atoms with Gasteiger partial charge in [-0.25, -0.2) is 9.97 Å². The van der Waals surface area contributed by atoms with E-state index >= 15 is 0 Å². The molecule has 1 N–H and O–H groups in total. The van der Waals surface area contributed by atoms with Crippen molar-refractivity contribution in [2.75, 3.05) is 25.5 Å². The predicted octanol–water partition coefficient (Wildman–Crippen LogP) is 5.42. The van der Waals surface area contributed by atoms with Crippen molar-refractivity contribution in [3.05, 3.63) is 71.3 Å². The van der Waals surface area contributed by atoms with Crippen LogP contribution in [-0.2, 0) is 30.9 Å². The smallest absolute Gasteiger partial charge is 0.326 e. The number of nitrogens with one attached hydrogen (secondary N) is 1. The molecule has 2 aromatic carbocycles. The van der Waals surface area contributed by atoms with Gasteiger partial charge in [-0.15, -0.1) is 0 Å². The Morgan fingerprint density at radius 3 is 2.59 bits per heavy atom. The van der Waals surface area contributed by atoms with Crippen LogP contribution in [0.4, 0.5) is 18.9 Å². The van der Waals surface area contributed by atoms with Gasteiger partial charge in [-0.3, -0.25) is 9.48 Å². The first-order valence-corrected chi connectivity index (χ1v) is 13.0. The van der Waals surface area contributed by atoms with Crippen molar-refractivity contribution in [1.29, 1.82) is 0 Å². The number of hydrogen-bond acceptors (Lipinski definition) is 5. The number of carbonyl (C=O) groups is 1. The maximum absolute atomic E-state index is 13.9. The molecule has 3 heterocycles. The Morgan fingerprint density at radius 2 is 1.85 bits per heavy atom. The molecule has 0 radical (unpaired) electrons. The highest BCUT2D eigenvalue weighted by atomic mass is 19.4. The van der Waals surface area contributed by atoms with Gasteiger partial charge in [0.25, 0.3) is 0 Å². The van der Waals surface area contributed by atoms with Gasteiger partial charge in [-0.2, -0.15) is 18.3 Å². The van der Waals surface area contributed by atoms with Gasteiger partial charge in [0.05, 0.1) is 28.9 Å². The number of amides is 1. The molecule has 1 saturated heterocycles. The Morgan fingerprint density at radius 1 is 1.08 bits per heavy atom. The molecule has 7 nitrogen and oxygen atoms in total. The molecule has 0 unspecified atom stereocenters. The van der Waals surface area contributed by atoms with Crippen LogP contribution in [0.5, 0.6) is 0 Å². The SMILES string of the molecule is Cc1ncc2cc(-c3cc(CC(=O)Nc4ccc(CC5CCN(C)CC5)c(C(F)(F)F)c4)nn3C)ccc2n1. The van der Waals surface area contributed by atoms with Crippen LogP contribution in [0.2, 0.25) is 0 Å². The molecule has 204 valence electrons. The topological polar surface area (TPSA) is 75.9 Å². The van der Waals surface area contributed by atoms with Crippen molar-refractivity contribution in [3.63, 3.8) is 0 Å². The first-order valence-electron chi connectivity index (χ1n) is 13.0. The van der Waals surface area contributed by atoms with E-state index in [1.807, 2.05) is 38.2 Å². The van der Waals surface area contributed by atoms with Crippen LogP contribution >= 0.6 is 0 Å². The molecule has 39 heavy (non-hydrogen) atoms. The van der Waals surface area contributed by atoms with E-state index in [0.29, 0.717) is 17.9 Å². The van der Waals surface area contributed by atoms with E-state index in [1.165, 1.54) is 6.07 Å². The summed E-state index contributed by atoms with van der Waals surface area (Å²) in [7, 11) is 3.81. The summed E-state index contributed by atoms with van der Waals surface area (Å²) in [6.07, 6.45) is -0.659. The van der Waals surface area contributed by atoms with Gasteiger partial charge in [0, 0.05) is 29.9 Å². The fourth-order valence-electron chi connectivity index (χ4n) is 5.21. The van der Waals surface area contributed by atoms with E-state index in [0.717, 1.165) is 54.2 Å². The third-order valence-corrected chi connectivity index (χ3v) is 7.31. The Kier molecular flexibility index (Phi) is 7.40.